The van der Waals surface area contributed by atoms with Crippen molar-refractivity contribution in [2.75, 3.05) is 18.0 Å². The van der Waals surface area contributed by atoms with E-state index >= 15 is 0 Å². The van der Waals surface area contributed by atoms with E-state index in [1.807, 2.05) is 0 Å². The molecule has 1 amide bonds. The molecule has 2 aliphatic rings. The Morgan fingerprint density at radius 3 is 2.52 bits per heavy atom. The molecular weight excluding hydrogens is 269 g/mol. The summed E-state index contributed by atoms with van der Waals surface area (Å²) in [6.07, 6.45) is 7.66. The molecular formula is C16H22FN3O. The van der Waals surface area contributed by atoms with E-state index in [0.29, 0.717) is 6.04 Å². The molecule has 2 fully saturated rings. The molecule has 0 aromatic carbocycles. The lowest BCUT2D eigenvalue weighted by Gasteiger charge is -2.32. The molecule has 1 N–H and O–H groups in total. The minimum absolute atomic E-state index is 0.113. The monoisotopic (exact) mass is 291 g/mol. The Bertz CT molecular complexity index is 477. The van der Waals surface area contributed by atoms with Crippen LogP contribution < -0.4 is 10.2 Å². The van der Waals surface area contributed by atoms with Crippen LogP contribution in [0.2, 0.25) is 0 Å². The molecule has 4 nitrogen and oxygen atoms in total. The van der Waals surface area contributed by atoms with Crippen molar-refractivity contribution in [2.45, 2.75) is 44.6 Å². The van der Waals surface area contributed by atoms with Crippen molar-refractivity contribution in [3.05, 3.63) is 24.1 Å². The van der Waals surface area contributed by atoms with Crippen LogP contribution in [0.4, 0.5) is 10.2 Å². The van der Waals surface area contributed by atoms with Crippen molar-refractivity contribution in [2.24, 2.45) is 5.92 Å². The van der Waals surface area contributed by atoms with E-state index < -0.39 is 0 Å². The first-order valence-electron chi connectivity index (χ1n) is 7.89. The number of anilines is 1. The molecule has 1 saturated heterocycles. The summed E-state index contributed by atoms with van der Waals surface area (Å²) >= 11 is 0. The van der Waals surface area contributed by atoms with Crippen LogP contribution in [0.5, 0.6) is 0 Å². The lowest BCUT2D eigenvalue weighted by Crippen LogP contribution is -2.43. The topological polar surface area (TPSA) is 45.2 Å². The van der Waals surface area contributed by atoms with Crippen molar-refractivity contribution in [3.63, 3.8) is 0 Å². The number of carbonyl (C=O) groups excluding carboxylic acids is 1. The molecule has 0 unspecified atom stereocenters. The first-order valence-corrected chi connectivity index (χ1v) is 7.89. The van der Waals surface area contributed by atoms with E-state index in [2.05, 4.69) is 15.2 Å². The highest BCUT2D eigenvalue weighted by Gasteiger charge is 2.27. The SMILES string of the molecule is O=C(NC1CCCC1)C1CCN(c2ccc(F)cn2)CC1. The molecule has 1 saturated carbocycles. The van der Waals surface area contributed by atoms with E-state index in [0.717, 1.165) is 44.6 Å². The molecule has 2 heterocycles. The van der Waals surface area contributed by atoms with Crippen LogP contribution in [0, 0.1) is 11.7 Å². The van der Waals surface area contributed by atoms with Gasteiger partial charge in [-0.05, 0) is 37.8 Å². The van der Waals surface area contributed by atoms with E-state index in [4.69, 9.17) is 0 Å². The van der Waals surface area contributed by atoms with Crippen molar-refractivity contribution >= 4 is 11.7 Å². The number of rotatable bonds is 3. The second-order valence-electron chi connectivity index (χ2n) is 6.09. The first-order chi connectivity index (χ1) is 10.2. The third-order valence-corrected chi connectivity index (χ3v) is 4.60. The molecule has 1 aromatic rings. The minimum Gasteiger partial charge on any atom is -0.357 e. The number of nitrogens with zero attached hydrogens (tertiary/aromatic N) is 2. The Balaban J connectivity index is 1.50. The smallest absolute Gasteiger partial charge is 0.223 e. The summed E-state index contributed by atoms with van der Waals surface area (Å²) in [7, 11) is 0. The number of halogens is 1. The van der Waals surface area contributed by atoms with E-state index in [1.54, 1.807) is 6.07 Å². The van der Waals surface area contributed by atoms with Crippen molar-refractivity contribution in [1.29, 1.82) is 0 Å². The normalized spacial score (nSPS) is 20.7. The average Bonchev–Trinajstić information content (AvgIpc) is 3.01. The van der Waals surface area contributed by atoms with Crippen molar-refractivity contribution < 1.29 is 9.18 Å². The maximum atomic E-state index is 12.9. The van der Waals surface area contributed by atoms with Gasteiger partial charge in [-0.25, -0.2) is 9.37 Å². The maximum Gasteiger partial charge on any atom is 0.223 e. The van der Waals surface area contributed by atoms with E-state index in [-0.39, 0.29) is 17.6 Å². The number of hydrogen-bond acceptors (Lipinski definition) is 3. The van der Waals surface area contributed by atoms with Gasteiger partial charge in [0.15, 0.2) is 0 Å². The van der Waals surface area contributed by atoms with Gasteiger partial charge in [-0.3, -0.25) is 4.79 Å². The highest BCUT2D eigenvalue weighted by molar-refractivity contribution is 5.79. The zero-order valence-electron chi connectivity index (χ0n) is 12.2. The number of pyridine rings is 1. The van der Waals surface area contributed by atoms with Crippen LogP contribution in [0.1, 0.15) is 38.5 Å². The molecule has 5 heteroatoms. The summed E-state index contributed by atoms with van der Waals surface area (Å²) in [5.41, 5.74) is 0. The average molecular weight is 291 g/mol. The second kappa shape index (κ2) is 6.41. The van der Waals surface area contributed by atoms with Crippen LogP contribution in [-0.4, -0.2) is 30.0 Å². The van der Waals surface area contributed by atoms with Crippen LogP contribution >= 0.6 is 0 Å². The summed E-state index contributed by atoms with van der Waals surface area (Å²) in [5, 5.41) is 3.19. The summed E-state index contributed by atoms with van der Waals surface area (Å²) in [4.78, 5) is 18.5. The number of hydrogen-bond donors (Lipinski definition) is 1. The first kappa shape index (κ1) is 14.3. The number of carbonyl (C=O) groups is 1. The molecule has 0 radical (unpaired) electrons. The number of piperidine rings is 1. The van der Waals surface area contributed by atoms with Crippen molar-refractivity contribution in [3.8, 4) is 0 Å². The predicted molar refractivity (Wildman–Crippen MR) is 79.5 cm³/mol. The number of nitrogens with one attached hydrogen (secondary N) is 1. The van der Waals surface area contributed by atoms with Gasteiger partial charge in [-0.2, -0.15) is 0 Å². The molecule has 114 valence electrons. The van der Waals surface area contributed by atoms with Crippen LogP contribution in [0.3, 0.4) is 0 Å². The van der Waals surface area contributed by atoms with Gasteiger partial charge >= 0.3 is 0 Å². The molecule has 0 spiro atoms. The Hall–Kier alpha value is -1.65. The Kier molecular flexibility index (Phi) is 4.36. The minimum atomic E-state index is -0.315. The molecule has 21 heavy (non-hydrogen) atoms. The van der Waals surface area contributed by atoms with Crippen LogP contribution in [0.25, 0.3) is 0 Å². The van der Waals surface area contributed by atoms with E-state index in [1.165, 1.54) is 25.1 Å². The summed E-state index contributed by atoms with van der Waals surface area (Å²) in [6.45, 7) is 1.61. The molecule has 1 aromatic heterocycles. The lowest BCUT2D eigenvalue weighted by molar-refractivity contribution is -0.126. The van der Waals surface area contributed by atoms with Gasteiger partial charge in [0.25, 0.3) is 0 Å². The molecule has 3 rings (SSSR count). The van der Waals surface area contributed by atoms with Gasteiger partial charge in [0.05, 0.1) is 6.20 Å². The largest absolute Gasteiger partial charge is 0.357 e. The molecule has 0 bridgehead atoms. The Morgan fingerprint density at radius 1 is 1.19 bits per heavy atom. The fourth-order valence-electron chi connectivity index (χ4n) is 3.32. The maximum absolute atomic E-state index is 12.9. The summed E-state index contributed by atoms with van der Waals surface area (Å²) in [6, 6.07) is 3.53. The molecule has 1 aliphatic heterocycles. The van der Waals surface area contributed by atoms with Gasteiger partial charge in [0.1, 0.15) is 11.6 Å². The molecule has 1 aliphatic carbocycles. The lowest BCUT2D eigenvalue weighted by atomic mass is 9.95. The van der Waals surface area contributed by atoms with Gasteiger partial charge in [-0.1, -0.05) is 12.8 Å². The number of amides is 1. The highest BCUT2D eigenvalue weighted by atomic mass is 19.1. The molecule has 0 atom stereocenters. The van der Waals surface area contributed by atoms with Crippen LogP contribution in [0.15, 0.2) is 18.3 Å². The van der Waals surface area contributed by atoms with Gasteiger partial charge in [0, 0.05) is 25.0 Å². The van der Waals surface area contributed by atoms with Crippen LogP contribution in [-0.2, 0) is 4.79 Å². The van der Waals surface area contributed by atoms with Crippen molar-refractivity contribution in [1.82, 2.24) is 10.3 Å². The third-order valence-electron chi connectivity index (χ3n) is 4.60. The fraction of sp³-hybridized carbons (Fsp3) is 0.625. The van der Waals surface area contributed by atoms with Gasteiger partial charge < -0.3 is 10.2 Å². The quantitative estimate of drug-likeness (QED) is 0.930. The third kappa shape index (κ3) is 3.52. The second-order valence-corrected chi connectivity index (χ2v) is 6.09. The van der Waals surface area contributed by atoms with Gasteiger partial charge in [0.2, 0.25) is 5.91 Å². The predicted octanol–water partition coefficient (Wildman–Crippen LogP) is 2.50. The van der Waals surface area contributed by atoms with Gasteiger partial charge in [-0.15, -0.1) is 0 Å². The standard InChI is InChI=1S/C16H22FN3O/c17-13-5-6-15(18-11-13)20-9-7-12(8-10-20)16(21)19-14-3-1-2-4-14/h5-6,11-12,14H,1-4,7-10H2,(H,19,21). The zero-order chi connectivity index (χ0) is 14.7. The Labute approximate surface area is 124 Å². The summed E-state index contributed by atoms with van der Waals surface area (Å²) in [5.74, 6) is 0.812. The fourth-order valence-corrected chi connectivity index (χ4v) is 3.32. The Morgan fingerprint density at radius 2 is 1.90 bits per heavy atom. The summed E-state index contributed by atoms with van der Waals surface area (Å²) < 4.78 is 12.9. The number of aromatic nitrogens is 1. The van der Waals surface area contributed by atoms with E-state index in [9.17, 15) is 9.18 Å². The highest BCUT2D eigenvalue weighted by Crippen LogP contribution is 2.23. The zero-order valence-corrected chi connectivity index (χ0v) is 12.2.